The van der Waals surface area contributed by atoms with E-state index in [0.717, 1.165) is 0 Å². The molecule has 5 nitrogen and oxygen atoms in total. The molecule has 0 radical (unpaired) electrons. The van der Waals surface area contributed by atoms with Crippen LogP contribution in [-0.2, 0) is 6.54 Å². The number of benzene rings is 1. The Balaban J connectivity index is 1.78. The van der Waals surface area contributed by atoms with Gasteiger partial charge in [-0.05, 0) is 12.1 Å². The summed E-state index contributed by atoms with van der Waals surface area (Å²) in [6.07, 6.45) is 3.35. The highest BCUT2D eigenvalue weighted by Gasteiger charge is 2.16. The summed E-state index contributed by atoms with van der Waals surface area (Å²) in [7, 11) is 0. The highest BCUT2D eigenvalue weighted by Crippen LogP contribution is 2.24. The second kappa shape index (κ2) is 7.11. The molecule has 0 atom stereocenters. The molecule has 0 bridgehead atoms. The van der Waals surface area contributed by atoms with E-state index in [1.165, 1.54) is 11.8 Å². The second-order valence-corrected chi connectivity index (χ2v) is 5.70. The fourth-order valence-corrected chi connectivity index (χ4v) is 2.96. The van der Waals surface area contributed by atoms with Gasteiger partial charge in [-0.25, -0.2) is 0 Å². The molecule has 0 amide bonds. The number of ketones is 1. The van der Waals surface area contributed by atoms with Gasteiger partial charge < -0.3 is 4.42 Å². The summed E-state index contributed by atoms with van der Waals surface area (Å²) in [5.74, 6) is 1.63. The maximum absolute atomic E-state index is 12.2. The molecule has 0 saturated carbocycles. The number of aromatic nitrogens is 3. The van der Waals surface area contributed by atoms with Gasteiger partial charge in [-0.2, -0.15) is 0 Å². The fraction of sp³-hybridized carbons (Fsp3) is 0.118. The Morgan fingerprint density at radius 2 is 2.04 bits per heavy atom. The lowest BCUT2D eigenvalue weighted by atomic mass is 10.2. The minimum absolute atomic E-state index is 0.0586. The van der Waals surface area contributed by atoms with Crippen LogP contribution in [0.3, 0.4) is 0 Å². The predicted octanol–water partition coefficient (Wildman–Crippen LogP) is 3.70. The van der Waals surface area contributed by atoms with Gasteiger partial charge in [0.05, 0.1) is 12.0 Å². The lowest BCUT2D eigenvalue weighted by Gasteiger charge is -2.06. The van der Waals surface area contributed by atoms with Crippen molar-refractivity contribution in [2.24, 2.45) is 0 Å². The summed E-state index contributed by atoms with van der Waals surface area (Å²) in [6, 6.07) is 12.8. The summed E-state index contributed by atoms with van der Waals surface area (Å²) in [5, 5.41) is 9.01. The molecule has 23 heavy (non-hydrogen) atoms. The molecule has 2 aromatic heterocycles. The van der Waals surface area contributed by atoms with E-state index in [-0.39, 0.29) is 5.78 Å². The number of carbonyl (C=O) groups is 1. The maximum atomic E-state index is 12.2. The third kappa shape index (κ3) is 3.43. The van der Waals surface area contributed by atoms with Crippen LogP contribution in [-0.4, -0.2) is 26.3 Å². The van der Waals surface area contributed by atoms with Gasteiger partial charge >= 0.3 is 0 Å². The molecule has 6 heteroatoms. The maximum Gasteiger partial charge on any atom is 0.200 e. The van der Waals surface area contributed by atoms with Crippen LogP contribution < -0.4 is 0 Å². The molecule has 0 fully saturated rings. The van der Waals surface area contributed by atoms with Crippen molar-refractivity contribution in [1.29, 1.82) is 0 Å². The Bertz CT molecular complexity index is 795. The van der Waals surface area contributed by atoms with Crippen molar-refractivity contribution in [2.45, 2.75) is 11.7 Å². The average Bonchev–Trinajstić information content (AvgIpc) is 3.23. The average molecular weight is 325 g/mol. The molecule has 2 heterocycles. The van der Waals surface area contributed by atoms with Crippen LogP contribution in [0.4, 0.5) is 0 Å². The first kappa shape index (κ1) is 15.3. The Labute approximate surface area is 138 Å². The van der Waals surface area contributed by atoms with Crippen LogP contribution in [0.15, 0.2) is 71.0 Å². The third-order valence-corrected chi connectivity index (χ3v) is 4.16. The van der Waals surface area contributed by atoms with Crippen LogP contribution >= 0.6 is 11.8 Å². The molecular weight excluding hydrogens is 310 g/mol. The lowest BCUT2D eigenvalue weighted by molar-refractivity contribution is 0.102. The van der Waals surface area contributed by atoms with E-state index in [2.05, 4.69) is 16.8 Å². The van der Waals surface area contributed by atoms with Crippen molar-refractivity contribution in [3.63, 3.8) is 0 Å². The number of nitrogens with zero attached hydrogens (tertiary/aromatic N) is 3. The smallest absolute Gasteiger partial charge is 0.200 e. The highest BCUT2D eigenvalue weighted by molar-refractivity contribution is 7.99. The molecule has 0 spiro atoms. The monoisotopic (exact) mass is 325 g/mol. The molecule has 0 aliphatic rings. The summed E-state index contributed by atoms with van der Waals surface area (Å²) < 4.78 is 7.26. The van der Waals surface area contributed by atoms with E-state index in [1.54, 1.807) is 18.4 Å². The number of allylic oxidation sites excluding steroid dienone is 1. The number of furan rings is 1. The molecule has 0 unspecified atom stereocenters. The zero-order chi connectivity index (χ0) is 16.1. The van der Waals surface area contributed by atoms with Crippen molar-refractivity contribution in [3.8, 4) is 11.6 Å². The number of rotatable bonds is 7. The zero-order valence-corrected chi connectivity index (χ0v) is 13.2. The predicted molar refractivity (Wildman–Crippen MR) is 89.4 cm³/mol. The van der Waals surface area contributed by atoms with Crippen molar-refractivity contribution >= 4 is 17.5 Å². The molecule has 116 valence electrons. The van der Waals surface area contributed by atoms with Crippen molar-refractivity contribution in [2.75, 3.05) is 5.75 Å². The summed E-state index contributed by atoms with van der Waals surface area (Å²) in [4.78, 5) is 12.2. The summed E-state index contributed by atoms with van der Waals surface area (Å²) >= 11 is 1.36. The number of hydrogen-bond acceptors (Lipinski definition) is 5. The van der Waals surface area contributed by atoms with Crippen LogP contribution in [0.25, 0.3) is 11.6 Å². The van der Waals surface area contributed by atoms with E-state index < -0.39 is 0 Å². The van der Waals surface area contributed by atoms with Crippen LogP contribution in [0.1, 0.15) is 10.4 Å². The topological polar surface area (TPSA) is 60.9 Å². The van der Waals surface area contributed by atoms with E-state index in [1.807, 2.05) is 41.0 Å². The van der Waals surface area contributed by atoms with Gasteiger partial charge in [0.1, 0.15) is 0 Å². The molecule has 3 aromatic rings. The Morgan fingerprint density at radius 1 is 1.22 bits per heavy atom. The first-order valence-corrected chi connectivity index (χ1v) is 8.07. The zero-order valence-electron chi connectivity index (χ0n) is 12.4. The van der Waals surface area contributed by atoms with Gasteiger partial charge in [-0.1, -0.05) is 48.2 Å². The largest absolute Gasteiger partial charge is 0.461 e. The summed E-state index contributed by atoms with van der Waals surface area (Å²) in [6.45, 7) is 4.31. The molecule has 0 N–H and O–H groups in total. The Morgan fingerprint density at radius 3 is 2.74 bits per heavy atom. The standard InChI is InChI=1S/C17H15N3O2S/c1-2-10-20-16(15-9-6-11-22-15)18-19-17(20)23-12-14(21)13-7-4-3-5-8-13/h2-9,11H,1,10,12H2. The van der Waals surface area contributed by atoms with Crippen molar-refractivity contribution in [1.82, 2.24) is 14.8 Å². The van der Waals surface area contributed by atoms with Gasteiger partial charge in [-0.15, -0.1) is 16.8 Å². The minimum atomic E-state index is 0.0586. The minimum Gasteiger partial charge on any atom is -0.461 e. The second-order valence-electron chi connectivity index (χ2n) is 4.76. The van der Waals surface area contributed by atoms with Gasteiger partial charge in [0.15, 0.2) is 16.7 Å². The van der Waals surface area contributed by atoms with Crippen LogP contribution in [0, 0.1) is 0 Å². The lowest BCUT2D eigenvalue weighted by Crippen LogP contribution is -2.05. The van der Waals surface area contributed by atoms with Gasteiger partial charge in [0, 0.05) is 12.1 Å². The fourth-order valence-electron chi connectivity index (χ4n) is 2.11. The molecule has 3 rings (SSSR count). The molecule has 0 aliphatic carbocycles. The molecule has 0 aliphatic heterocycles. The SMILES string of the molecule is C=CCn1c(SCC(=O)c2ccccc2)nnc1-c1ccco1. The Kier molecular flexibility index (Phi) is 4.73. The van der Waals surface area contributed by atoms with Gasteiger partial charge in [0.25, 0.3) is 0 Å². The number of hydrogen-bond donors (Lipinski definition) is 0. The Hall–Kier alpha value is -2.60. The van der Waals surface area contributed by atoms with E-state index in [9.17, 15) is 4.79 Å². The first-order chi connectivity index (χ1) is 11.3. The molecular formula is C17H15N3O2S. The van der Waals surface area contributed by atoms with Crippen molar-refractivity contribution in [3.05, 3.63) is 66.9 Å². The van der Waals surface area contributed by atoms with Crippen molar-refractivity contribution < 1.29 is 9.21 Å². The highest BCUT2D eigenvalue weighted by atomic mass is 32.2. The van der Waals surface area contributed by atoms with E-state index >= 15 is 0 Å². The van der Waals surface area contributed by atoms with E-state index in [4.69, 9.17) is 4.42 Å². The number of Topliss-reactive ketones (excluding diaryl/α,β-unsaturated/α-hetero) is 1. The van der Waals surface area contributed by atoms with Gasteiger partial charge in [-0.3, -0.25) is 9.36 Å². The van der Waals surface area contributed by atoms with Crippen LogP contribution in [0.2, 0.25) is 0 Å². The summed E-state index contributed by atoms with van der Waals surface area (Å²) in [5.41, 5.74) is 0.695. The van der Waals surface area contributed by atoms with E-state index in [0.29, 0.717) is 34.6 Å². The third-order valence-electron chi connectivity index (χ3n) is 3.20. The first-order valence-electron chi connectivity index (χ1n) is 7.08. The molecule has 1 aromatic carbocycles. The number of thioether (sulfide) groups is 1. The normalized spacial score (nSPS) is 10.6. The molecule has 0 saturated heterocycles. The van der Waals surface area contributed by atoms with Gasteiger partial charge in [0.2, 0.25) is 5.82 Å². The number of carbonyl (C=O) groups excluding carboxylic acids is 1. The quantitative estimate of drug-likeness (QED) is 0.376. The van der Waals surface area contributed by atoms with Crippen LogP contribution in [0.5, 0.6) is 0 Å².